The number of benzene rings is 6. The van der Waals surface area contributed by atoms with Gasteiger partial charge in [-0.15, -0.1) is 0 Å². The lowest BCUT2D eigenvalue weighted by atomic mass is 10.1. The van der Waals surface area contributed by atoms with Gasteiger partial charge in [0.25, 0.3) is 0 Å². The lowest BCUT2D eigenvalue weighted by Crippen LogP contribution is -2.39. The van der Waals surface area contributed by atoms with E-state index in [0.29, 0.717) is 17.6 Å². The SMILES string of the molecule is C[Si](C)(C)c1ccccc1-c1nc(-c2ccccc2)nc(-n2c3ccccc3c3cc(N4c5ccccc5SC4c4ccccc4)ccc32)n1. The molecule has 0 N–H and O–H groups in total. The Hall–Kier alpha value is -5.50. The lowest BCUT2D eigenvalue weighted by molar-refractivity contribution is 0.952. The van der Waals surface area contributed by atoms with Crippen molar-refractivity contribution in [3.8, 4) is 28.7 Å². The van der Waals surface area contributed by atoms with Crippen LogP contribution in [0.4, 0.5) is 11.4 Å². The van der Waals surface area contributed by atoms with Crippen LogP contribution in [-0.4, -0.2) is 27.6 Å². The Bertz CT molecular complexity index is 2520. The van der Waals surface area contributed by atoms with Crippen molar-refractivity contribution in [3.05, 3.63) is 157 Å². The molecule has 0 saturated carbocycles. The fraction of sp³-hybridized carbons (Fsp3) is 0.0930. The molecule has 242 valence electrons. The molecule has 1 aliphatic heterocycles. The maximum Gasteiger partial charge on any atom is 0.238 e. The second-order valence-electron chi connectivity index (χ2n) is 13.7. The molecule has 0 amide bonds. The molecule has 0 spiro atoms. The molecular formula is C43H35N5SSi. The topological polar surface area (TPSA) is 46.8 Å². The molecular weight excluding hydrogens is 647 g/mol. The van der Waals surface area contributed by atoms with E-state index in [1.54, 1.807) is 0 Å². The van der Waals surface area contributed by atoms with Crippen molar-refractivity contribution in [2.45, 2.75) is 29.9 Å². The van der Waals surface area contributed by atoms with Crippen LogP contribution >= 0.6 is 11.8 Å². The van der Waals surface area contributed by atoms with Gasteiger partial charge < -0.3 is 4.90 Å². The summed E-state index contributed by atoms with van der Waals surface area (Å²) in [6, 6.07) is 53.8. The van der Waals surface area contributed by atoms with Crippen LogP contribution in [0, 0.1) is 0 Å². The van der Waals surface area contributed by atoms with E-state index in [2.05, 4.69) is 163 Å². The van der Waals surface area contributed by atoms with Gasteiger partial charge >= 0.3 is 0 Å². The highest BCUT2D eigenvalue weighted by Crippen LogP contribution is 2.55. The molecule has 1 atom stereocenters. The third-order valence-corrected chi connectivity index (χ3v) is 12.8. The number of thioether (sulfide) groups is 1. The molecule has 8 aromatic rings. The van der Waals surface area contributed by atoms with Crippen molar-refractivity contribution >= 4 is 58.2 Å². The highest BCUT2D eigenvalue weighted by atomic mass is 32.2. The summed E-state index contributed by atoms with van der Waals surface area (Å²) in [6.45, 7) is 7.11. The van der Waals surface area contributed by atoms with Crippen LogP contribution in [0.5, 0.6) is 0 Å². The summed E-state index contributed by atoms with van der Waals surface area (Å²) in [5, 5.41) is 3.78. The molecule has 6 aromatic carbocycles. The first-order valence-electron chi connectivity index (χ1n) is 17.0. The van der Waals surface area contributed by atoms with Crippen LogP contribution < -0.4 is 10.1 Å². The zero-order valence-corrected chi connectivity index (χ0v) is 30.0. The van der Waals surface area contributed by atoms with Gasteiger partial charge in [-0.25, -0.2) is 4.98 Å². The molecule has 9 rings (SSSR count). The highest BCUT2D eigenvalue weighted by Gasteiger charge is 2.33. The zero-order valence-electron chi connectivity index (χ0n) is 28.2. The highest BCUT2D eigenvalue weighted by molar-refractivity contribution is 8.00. The molecule has 7 heteroatoms. The van der Waals surface area contributed by atoms with Crippen molar-refractivity contribution in [1.82, 2.24) is 19.5 Å². The standard InChI is InChI=1S/C43H35N5SSi/c1-50(2,3)39-25-15-11-21-33(39)41-44-40(29-16-6-4-7-17-29)45-43(46-41)48-35-22-12-10-20-32(35)34-28-31(26-27-36(34)48)47-37-23-13-14-24-38(37)49-42(47)30-18-8-5-9-19-30/h4-28,42H,1-3H3. The van der Waals surface area contributed by atoms with E-state index in [-0.39, 0.29) is 5.37 Å². The van der Waals surface area contributed by atoms with Gasteiger partial charge in [0, 0.05) is 32.5 Å². The van der Waals surface area contributed by atoms with Crippen molar-refractivity contribution in [1.29, 1.82) is 0 Å². The Kier molecular flexibility index (Phi) is 7.41. The third kappa shape index (κ3) is 5.21. The molecule has 1 aliphatic rings. The number of hydrogen-bond acceptors (Lipinski definition) is 5. The summed E-state index contributed by atoms with van der Waals surface area (Å²) in [7, 11) is -1.72. The first-order chi connectivity index (χ1) is 24.4. The van der Waals surface area contributed by atoms with Gasteiger partial charge in [0.2, 0.25) is 5.95 Å². The van der Waals surface area contributed by atoms with Crippen molar-refractivity contribution in [3.63, 3.8) is 0 Å². The van der Waals surface area contributed by atoms with Gasteiger partial charge in [-0.3, -0.25) is 4.57 Å². The summed E-state index contributed by atoms with van der Waals surface area (Å²) in [5.41, 5.74) is 7.81. The number of aromatic nitrogens is 4. The molecule has 0 saturated heterocycles. The number of para-hydroxylation sites is 2. The van der Waals surface area contributed by atoms with Crippen LogP contribution in [-0.2, 0) is 0 Å². The molecule has 0 radical (unpaired) electrons. The van der Waals surface area contributed by atoms with Crippen LogP contribution in [0.3, 0.4) is 0 Å². The minimum Gasteiger partial charge on any atom is -0.323 e. The second-order valence-corrected chi connectivity index (χ2v) is 19.9. The molecule has 2 aromatic heterocycles. The lowest BCUT2D eigenvalue weighted by Gasteiger charge is -2.27. The van der Waals surface area contributed by atoms with Crippen LogP contribution in [0.2, 0.25) is 19.6 Å². The molecule has 5 nitrogen and oxygen atoms in total. The molecule has 3 heterocycles. The van der Waals surface area contributed by atoms with Gasteiger partial charge in [-0.05, 0) is 47.1 Å². The smallest absolute Gasteiger partial charge is 0.238 e. The summed E-state index contributed by atoms with van der Waals surface area (Å²) >= 11 is 1.90. The predicted octanol–water partition coefficient (Wildman–Crippen LogP) is 10.8. The monoisotopic (exact) mass is 681 g/mol. The molecule has 50 heavy (non-hydrogen) atoms. The fourth-order valence-electron chi connectivity index (χ4n) is 7.12. The second kappa shape index (κ2) is 12.1. The maximum absolute atomic E-state index is 5.28. The number of fused-ring (bicyclic) bond motifs is 4. The van der Waals surface area contributed by atoms with Crippen LogP contribution in [0.15, 0.2) is 157 Å². The van der Waals surface area contributed by atoms with Gasteiger partial charge in [0.15, 0.2) is 11.6 Å². The van der Waals surface area contributed by atoms with E-state index >= 15 is 0 Å². The van der Waals surface area contributed by atoms with E-state index in [9.17, 15) is 0 Å². The van der Waals surface area contributed by atoms with Gasteiger partial charge in [0.1, 0.15) is 5.37 Å². The fourth-order valence-corrected chi connectivity index (χ4v) is 10.0. The van der Waals surface area contributed by atoms with E-state index in [0.717, 1.165) is 38.6 Å². The maximum atomic E-state index is 5.28. The molecule has 0 fully saturated rings. The first kappa shape index (κ1) is 30.5. The summed E-state index contributed by atoms with van der Waals surface area (Å²) in [5.74, 6) is 1.98. The van der Waals surface area contributed by atoms with E-state index in [1.807, 2.05) is 30.0 Å². The predicted molar refractivity (Wildman–Crippen MR) is 212 cm³/mol. The Morgan fingerprint density at radius 3 is 2.06 bits per heavy atom. The molecule has 0 aliphatic carbocycles. The average Bonchev–Trinajstić information content (AvgIpc) is 3.71. The van der Waals surface area contributed by atoms with Gasteiger partial charge in [-0.2, -0.15) is 9.97 Å². The average molecular weight is 682 g/mol. The van der Waals surface area contributed by atoms with Crippen LogP contribution in [0.25, 0.3) is 50.5 Å². The summed E-state index contributed by atoms with van der Waals surface area (Å²) < 4.78 is 2.21. The Labute approximate surface area is 297 Å². The Morgan fingerprint density at radius 2 is 1.24 bits per heavy atom. The van der Waals surface area contributed by atoms with Crippen molar-refractivity contribution in [2.75, 3.05) is 4.90 Å². The van der Waals surface area contributed by atoms with Crippen molar-refractivity contribution < 1.29 is 0 Å². The number of nitrogens with zero attached hydrogens (tertiary/aromatic N) is 5. The number of rotatable bonds is 6. The van der Waals surface area contributed by atoms with Gasteiger partial charge in [-0.1, -0.05) is 147 Å². The number of anilines is 2. The Balaban J connectivity index is 1.27. The van der Waals surface area contributed by atoms with E-state index in [4.69, 9.17) is 15.0 Å². The summed E-state index contributed by atoms with van der Waals surface area (Å²) in [4.78, 5) is 19.3. The zero-order chi connectivity index (χ0) is 33.8. The minimum absolute atomic E-state index is 0.130. The third-order valence-electron chi connectivity index (χ3n) is 9.45. The molecule has 1 unspecified atom stereocenters. The van der Waals surface area contributed by atoms with E-state index in [1.165, 1.54) is 21.3 Å². The minimum atomic E-state index is -1.72. The Morgan fingerprint density at radius 1 is 0.580 bits per heavy atom. The van der Waals surface area contributed by atoms with Gasteiger partial charge in [0.05, 0.1) is 24.8 Å². The van der Waals surface area contributed by atoms with Crippen LogP contribution in [0.1, 0.15) is 10.9 Å². The van der Waals surface area contributed by atoms with E-state index < -0.39 is 8.07 Å². The number of hydrogen-bond donors (Lipinski definition) is 0. The summed E-state index contributed by atoms with van der Waals surface area (Å²) in [6.07, 6.45) is 0. The quantitative estimate of drug-likeness (QED) is 0.164. The first-order valence-corrected chi connectivity index (χ1v) is 21.4. The van der Waals surface area contributed by atoms with Crippen molar-refractivity contribution in [2.24, 2.45) is 0 Å². The normalized spacial score (nSPS) is 14.4. The largest absolute Gasteiger partial charge is 0.323 e. The molecule has 0 bridgehead atoms.